The fourth-order valence-corrected chi connectivity index (χ4v) is 1.06. The van der Waals surface area contributed by atoms with E-state index in [2.05, 4.69) is 10.3 Å². The first-order valence-electron chi connectivity index (χ1n) is 3.94. The Balaban J connectivity index is 2.80. The first kappa shape index (κ1) is 9.15. The molecule has 12 heavy (non-hydrogen) atoms. The molecule has 1 heterocycles. The van der Waals surface area contributed by atoms with Gasteiger partial charge in [0.2, 0.25) is 0 Å². The van der Waals surface area contributed by atoms with Crippen molar-refractivity contribution < 1.29 is 5.21 Å². The van der Waals surface area contributed by atoms with Crippen LogP contribution in [0.5, 0.6) is 0 Å². The Bertz CT molecular complexity index is 256. The average molecular weight is 170 g/mol. The van der Waals surface area contributed by atoms with Crippen molar-refractivity contribution in [2.45, 2.75) is 26.9 Å². The lowest BCUT2D eigenvalue weighted by molar-refractivity contribution is -0.0742. The minimum atomic E-state index is 0.422. The highest BCUT2D eigenvalue weighted by Crippen LogP contribution is 2.04. The maximum absolute atomic E-state index is 8.97. The Kier molecular flexibility index (Phi) is 2.78. The van der Waals surface area contributed by atoms with Crippen LogP contribution in [0.25, 0.3) is 0 Å². The molecule has 0 aromatic carbocycles. The Labute approximate surface area is 71.6 Å². The number of hydroxylamine groups is 2. The number of hydrogen-bond donors (Lipinski definition) is 1. The summed E-state index contributed by atoms with van der Waals surface area (Å²) in [6.07, 6.45) is 0. The number of nitrogens with zero attached hydrogens (tertiary/aromatic N) is 4. The van der Waals surface area contributed by atoms with Crippen LogP contribution in [0.4, 0.5) is 0 Å². The van der Waals surface area contributed by atoms with Gasteiger partial charge in [-0.25, -0.2) is 4.68 Å². The van der Waals surface area contributed by atoms with Gasteiger partial charge in [0.25, 0.3) is 0 Å². The first-order chi connectivity index (χ1) is 5.65. The molecule has 68 valence electrons. The number of aromatic nitrogens is 3. The van der Waals surface area contributed by atoms with E-state index in [0.29, 0.717) is 6.54 Å². The average Bonchev–Trinajstić information content (AvgIpc) is 2.32. The smallest absolute Gasteiger partial charge is 0.102 e. The Hall–Kier alpha value is -0.940. The maximum Gasteiger partial charge on any atom is 0.102 e. The topological polar surface area (TPSA) is 54.2 Å². The molecule has 1 rings (SSSR count). The van der Waals surface area contributed by atoms with E-state index in [4.69, 9.17) is 5.21 Å². The summed E-state index contributed by atoms with van der Waals surface area (Å²) in [5.74, 6) is 0. The minimum absolute atomic E-state index is 0.422. The van der Waals surface area contributed by atoms with Gasteiger partial charge in [-0.3, -0.25) is 0 Å². The van der Waals surface area contributed by atoms with Gasteiger partial charge in [0, 0.05) is 13.6 Å². The summed E-state index contributed by atoms with van der Waals surface area (Å²) in [6, 6.07) is 0. The van der Waals surface area contributed by atoms with Crippen molar-refractivity contribution in [2.75, 3.05) is 7.05 Å². The summed E-state index contributed by atoms with van der Waals surface area (Å²) in [5.41, 5.74) is 1.83. The molecule has 0 saturated carbocycles. The van der Waals surface area contributed by atoms with Gasteiger partial charge in [0.05, 0.1) is 12.2 Å². The predicted molar refractivity (Wildman–Crippen MR) is 43.7 cm³/mol. The van der Waals surface area contributed by atoms with E-state index in [9.17, 15) is 0 Å². The van der Waals surface area contributed by atoms with Crippen molar-refractivity contribution in [1.29, 1.82) is 0 Å². The van der Waals surface area contributed by atoms with Crippen LogP contribution in [0.2, 0.25) is 0 Å². The molecular formula is C7H14N4O. The monoisotopic (exact) mass is 170 g/mol. The second-order valence-corrected chi connectivity index (χ2v) is 2.75. The van der Waals surface area contributed by atoms with E-state index in [0.717, 1.165) is 23.0 Å². The number of rotatable bonds is 3. The van der Waals surface area contributed by atoms with Crippen molar-refractivity contribution in [3.05, 3.63) is 11.4 Å². The van der Waals surface area contributed by atoms with E-state index in [-0.39, 0.29) is 0 Å². The highest BCUT2D eigenvalue weighted by Gasteiger charge is 2.07. The number of hydrogen-bond acceptors (Lipinski definition) is 4. The second kappa shape index (κ2) is 3.64. The molecule has 0 aliphatic carbocycles. The number of aryl methyl sites for hydroxylation is 1. The molecule has 0 spiro atoms. The summed E-state index contributed by atoms with van der Waals surface area (Å²) < 4.78 is 1.80. The molecular weight excluding hydrogens is 156 g/mol. The molecule has 1 N–H and O–H groups in total. The molecule has 0 radical (unpaired) electrons. The maximum atomic E-state index is 8.97. The van der Waals surface area contributed by atoms with E-state index in [1.54, 1.807) is 11.7 Å². The fourth-order valence-electron chi connectivity index (χ4n) is 1.06. The molecule has 0 unspecified atom stereocenters. The van der Waals surface area contributed by atoms with Crippen LogP contribution in [-0.4, -0.2) is 32.3 Å². The lowest BCUT2D eigenvalue weighted by Gasteiger charge is -2.05. The molecule has 0 aliphatic rings. The van der Waals surface area contributed by atoms with Crippen molar-refractivity contribution in [3.8, 4) is 0 Å². The first-order valence-corrected chi connectivity index (χ1v) is 3.94. The van der Waals surface area contributed by atoms with E-state index < -0.39 is 0 Å². The molecule has 0 bridgehead atoms. The van der Waals surface area contributed by atoms with Gasteiger partial charge in [-0.1, -0.05) is 5.21 Å². The Morgan fingerprint density at radius 1 is 1.58 bits per heavy atom. The highest BCUT2D eigenvalue weighted by molar-refractivity contribution is 5.06. The third-order valence-corrected chi connectivity index (χ3v) is 1.76. The summed E-state index contributed by atoms with van der Waals surface area (Å²) in [6.45, 7) is 5.19. The molecule has 0 aliphatic heterocycles. The largest absolute Gasteiger partial charge is 0.314 e. The Morgan fingerprint density at radius 3 is 2.67 bits per heavy atom. The minimum Gasteiger partial charge on any atom is -0.314 e. The quantitative estimate of drug-likeness (QED) is 0.668. The summed E-state index contributed by atoms with van der Waals surface area (Å²) in [4.78, 5) is 0. The van der Waals surface area contributed by atoms with Crippen molar-refractivity contribution >= 4 is 0 Å². The van der Waals surface area contributed by atoms with E-state index >= 15 is 0 Å². The molecule has 0 amide bonds. The van der Waals surface area contributed by atoms with Gasteiger partial charge >= 0.3 is 0 Å². The summed E-state index contributed by atoms with van der Waals surface area (Å²) in [7, 11) is 1.59. The lowest BCUT2D eigenvalue weighted by Crippen LogP contribution is -2.13. The van der Waals surface area contributed by atoms with Crippen LogP contribution in [-0.2, 0) is 13.1 Å². The van der Waals surface area contributed by atoms with Crippen LogP contribution >= 0.6 is 0 Å². The zero-order chi connectivity index (χ0) is 9.14. The van der Waals surface area contributed by atoms with Crippen LogP contribution in [0.3, 0.4) is 0 Å². The van der Waals surface area contributed by atoms with Gasteiger partial charge in [-0.15, -0.1) is 5.10 Å². The van der Waals surface area contributed by atoms with Crippen molar-refractivity contribution in [2.24, 2.45) is 0 Å². The molecule has 0 saturated heterocycles. The van der Waals surface area contributed by atoms with Crippen LogP contribution in [0, 0.1) is 6.92 Å². The molecule has 0 atom stereocenters. The highest BCUT2D eigenvalue weighted by atomic mass is 16.5. The van der Waals surface area contributed by atoms with Crippen LogP contribution < -0.4 is 0 Å². The zero-order valence-corrected chi connectivity index (χ0v) is 7.65. The van der Waals surface area contributed by atoms with Gasteiger partial charge < -0.3 is 5.21 Å². The summed E-state index contributed by atoms with van der Waals surface area (Å²) >= 11 is 0. The van der Waals surface area contributed by atoms with E-state index in [1.165, 1.54) is 0 Å². The Morgan fingerprint density at radius 2 is 2.25 bits per heavy atom. The van der Waals surface area contributed by atoms with Gasteiger partial charge in [0.1, 0.15) is 5.69 Å². The van der Waals surface area contributed by atoms with Gasteiger partial charge in [0.15, 0.2) is 0 Å². The fraction of sp³-hybridized carbons (Fsp3) is 0.714. The predicted octanol–water partition coefficient (Wildman–Crippen LogP) is 0.427. The molecule has 5 heteroatoms. The molecule has 5 nitrogen and oxygen atoms in total. The molecule has 1 aromatic heterocycles. The van der Waals surface area contributed by atoms with E-state index in [1.807, 2.05) is 13.8 Å². The standard InChI is InChI=1S/C7H14N4O/c1-4-11-6(2)7(8-9-11)5-10(3)12/h12H,4-5H2,1-3H3. The van der Waals surface area contributed by atoms with Gasteiger partial charge in [-0.2, -0.15) is 5.06 Å². The lowest BCUT2D eigenvalue weighted by atomic mass is 10.3. The second-order valence-electron chi connectivity index (χ2n) is 2.75. The van der Waals surface area contributed by atoms with Crippen LogP contribution in [0.15, 0.2) is 0 Å². The third kappa shape index (κ3) is 1.80. The summed E-state index contributed by atoms with van der Waals surface area (Å²) in [5, 5.41) is 17.9. The van der Waals surface area contributed by atoms with Crippen LogP contribution in [0.1, 0.15) is 18.3 Å². The third-order valence-electron chi connectivity index (χ3n) is 1.76. The SMILES string of the molecule is CCn1nnc(CN(C)O)c1C. The van der Waals surface area contributed by atoms with Gasteiger partial charge in [-0.05, 0) is 13.8 Å². The molecule has 1 aromatic rings. The normalized spacial score (nSPS) is 11.1. The zero-order valence-electron chi connectivity index (χ0n) is 7.65. The van der Waals surface area contributed by atoms with Crippen molar-refractivity contribution in [3.63, 3.8) is 0 Å². The van der Waals surface area contributed by atoms with Crippen molar-refractivity contribution in [1.82, 2.24) is 20.1 Å². The molecule has 0 fully saturated rings.